The molecule has 0 radical (unpaired) electrons. The van der Waals surface area contributed by atoms with Crippen molar-refractivity contribution in [2.75, 3.05) is 7.05 Å². The molecular formula is C8H16N2O3. The van der Waals surface area contributed by atoms with Gasteiger partial charge in [0.05, 0.1) is 0 Å². The number of nitrogens with zero attached hydrogens (tertiary/aromatic N) is 1. The molecule has 0 saturated carbocycles. The molecule has 0 saturated heterocycles. The average molecular weight is 188 g/mol. The fourth-order valence-corrected chi connectivity index (χ4v) is 0.801. The first kappa shape index (κ1) is 11.9. The van der Waals surface area contributed by atoms with Gasteiger partial charge in [-0.25, -0.2) is 4.79 Å². The van der Waals surface area contributed by atoms with Crippen LogP contribution in [0.2, 0.25) is 0 Å². The van der Waals surface area contributed by atoms with E-state index in [1.807, 2.05) is 0 Å². The van der Waals surface area contributed by atoms with Gasteiger partial charge in [0.15, 0.2) is 0 Å². The third-order valence-electron chi connectivity index (χ3n) is 1.83. The van der Waals surface area contributed by atoms with Gasteiger partial charge in [0.2, 0.25) is 5.91 Å². The van der Waals surface area contributed by atoms with Crippen LogP contribution in [-0.4, -0.2) is 41.0 Å². The minimum Gasteiger partial charge on any atom is -0.480 e. The minimum atomic E-state index is -1.01. The highest BCUT2D eigenvalue weighted by Crippen LogP contribution is 2.00. The summed E-state index contributed by atoms with van der Waals surface area (Å²) in [7, 11) is 1.46. The van der Waals surface area contributed by atoms with E-state index in [4.69, 9.17) is 10.8 Å². The Balaban J connectivity index is 4.17. The molecule has 76 valence electrons. The van der Waals surface area contributed by atoms with Crippen LogP contribution in [0, 0.1) is 0 Å². The van der Waals surface area contributed by atoms with E-state index in [0.29, 0.717) is 0 Å². The van der Waals surface area contributed by atoms with E-state index in [0.717, 1.165) is 0 Å². The maximum Gasteiger partial charge on any atom is 0.326 e. The molecular weight excluding hydrogens is 172 g/mol. The average Bonchev–Trinajstić information content (AvgIpc) is 2.00. The summed E-state index contributed by atoms with van der Waals surface area (Å²) in [5.41, 5.74) is 5.41. The smallest absolute Gasteiger partial charge is 0.326 e. The van der Waals surface area contributed by atoms with Gasteiger partial charge in [0.25, 0.3) is 0 Å². The largest absolute Gasteiger partial charge is 0.480 e. The van der Waals surface area contributed by atoms with Gasteiger partial charge >= 0.3 is 5.97 Å². The van der Waals surface area contributed by atoms with E-state index < -0.39 is 12.0 Å². The first-order valence-corrected chi connectivity index (χ1v) is 4.10. The van der Waals surface area contributed by atoms with Crippen LogP contribution in [0.15, 0.2) is 0 Å². The molecule has 0 rings (SSSR count). The molecule has 0 heterocycles. The van der Waals surface area contributed by atoms with E-state index in [1.165, 1.54) is 18.9 Å². The van der Waals surface area contributed by atoms with Crippen molar-refractivity contribution in [2.24, 2.45) is 5.73 Å². The lowest BCUT2D eigenvalue weighted by Gasteiger charge is -2.22. The number of carbonyl (C=O) groups excluding carboxylic acids is 1. The van der Waals surface area contributed by atoms with Crippen LogP contribution < -0.4 is 5.73 Å². The number of nitrogens with two attached hydrogens (primary N) is 1. The second-order valence-electron chi connectivity index (χ2n) is 3.20. The topological polar surface area (TPSA) is 83.6 Å². The molecule has 0 aliphatic rings. The molecule has 0 aromatic carbocycles. The van der Waals surface area contributed by atoms with E-state index in [-0.39, 0.29) is 18.4 Å². The van der Waals surface area contributed by atoms with Crippen LogP contribution in [0.4, 0.5) is 0 Å². The monoisotopic (exact) mass is 188 g/mol. The van der Waals surface area contributed by atoms with Crippen molar-refractivity contribution >= 4 is 11.9 Å². The van der Waals surface area contributed by atoms with Crippen molar-refractivity contribution in [1.82, 2.24) is 4.90 Å². The number of aliphatic carboxylic acids is 1. The number of hydrogen-bond acceptors (Lipinski definition) is 3. The Hall–Kier alpha value is -1.10. The van der Waals surface area contributed by atoms with Gasteiger partial charge in [0.1, 0.15) is 6.04 Å². The molecule has 5 heteroatoms. The lowest BCUT2D eigenvalue weighted by Crippen LogP contribution is -2.42. The zero-order valence-corrected chi connectivity index (χ0v) is 8.15. The standard InChI is InChI=1S/C8H16N2O3/c1-5(9)4-7(11)10(3)6(2)8(12)13/h5-6H,4,9H2,1-3H3,(H,12,13). The van der Waals surface area contributed by atoms with Crippen molar-refractivity contribution in [3.05, 3.63) is 0 Å². The number of carboxylic acid groups (broad SMARTS) is 1. The highest BCUT2D eigenvalue weighted by atomic mass is 16.4. The number of amides is 1. The Morgan fingerprint density at radius 3 is 2.23 bits per heavy atom. The summed E-state index contributed by atoms with van der Waals surface area (Å²) in [5, 5.41) is 8.61. The molecule has 0 aliphatic heterocycles. The van der Waals surface area contributed by atoms with Crippen molar-refractivity contribution in [1.29, 1.82) is 0 Å². The van der Waals surface area contributed by atoms with Crippen LogP contribution in [0.25, 0.3) is 0 Å². The first-order valence-electron chi connectivity index (χ1n) is 4.10. The molecule has 3 N–H and O–H groups in total. The molecule has 0 spiro atoms. The second-order valence-corrected chi connectivity index (χ2v) is 3.20. The molecule has 0 bridgehead atoms. The molecule has 0 aromatic heterocycles. The minimum absolute atomic E-state index is 0.175. The Bertz CT molecular complexity index is 204. The summed E-state index contributed by atoms with van der Waals surface area (Å²) in [6.45, 7) is 3.17. The van der Waals surface area contributed by atoms with Gasteiger partial charge in [-0.05, 0) is 13.8 Å². The van der Waals surface area contributed by atoms with Gasteiger partial charge in [-0.1, -0.05) is 0 Å². The maximum atomic E-state index is 11.3. The van der Waals surface area contributed by atoms with Crippen LogP contribution in [0.5, 0.6) is 0 Å². The predicted molar refractivity (Wildman–Crippen MR) is 48.1 cm³/mol. The number of carbonyl (C=O) groups is 2. The van der Waals surface area contributed by atoms with E-state index in [1.54, 1.807) is 6.92 Å². The third-order valence-corrected chi connectivity index (χ3v) is 1.83. The summed E-state index contributed by atoms with van der Waals surface area (Å²) in [5.74, 6) is -1.26. The molecule has 0 fully saturated rings. The van der Waals surface area contributed by atoms with Crippen molar-refractivity contribution < 1.29 is 14.7 Å². The summed E-state index contributed by atoms with van der Waals surface area (Å²) in [4.78, 5) is 23.0. The van der Waals surface area contributed by atoms with Crippen molar-refractivity contribution in [3.63, 3.8) is 0 Å². The zero-order valence-electron chi connectivity index (χ0n) is 8.15. The Morgan fingerprint density at radius 1 is 1.46 bits per heavy atom. The maximum absolute atomic E-state index is 11.3. The second kappa shape index (κ2) is 4.81. The zero-order chi connectivity index (χ0) is 10.6. The highest BCUT2D eigenvalue weighted by molar-refractivity contribution is 5.83. The highest BCUT2D eigenvalue weighted by Gasteiger charge is 2.21. The molecule has 1 amide bonds. The fourth-order valence-electron chi connectivity index (χ4n) is 0.801. The quantitative estimate of drug-likeness (QED) is 0.632. The summed E-state index contributed by atoms with van der Waals surface area (Å²) in [6, 6.07) is -1.04. The van der Waals surface area contributed by atoms with Crippen LogP contribution in [0.3, 0.4) is 0 Å². The summed E-state index contributed by atoms with van der Waals surface area (Å²) >= 11 is 0. The Kier molecular flexibility index (Phi) is 4.40. The molecule has 5 nitrogen and oxygen atoms in total. The van der Waals surface area contributed by atoms with Gasteiger partial charge in [-0.2, -0.15) is 0 Å². The van der Waals surface area contributed by atoms with E-state index in [9.17, 15) is 9.59 Å². The number of carboxylic acids is 1. The summed E-state index contributed by atoms with van der Waals surface area (Å²) < 4.78 is 0. The summed E-state index contributed by atoms with van der Waals surface area (Å²) in [6.07, 6.45) is 0.175. The fraction of sp³-hybridized carbons (Fsp3) is 0.750. The molecule has 13 heavy (non-hydrogen) atoms. The molecule has 0 aromatic rings. The third kappa shape index (κ3) is 3.89. The van der Waals surface area contributed by atoms with E-state index in [2.05, 4.69) is 0 Å². The van der Waals surface area contributed by atoms with Crippen LogP contribution >= 0.6 is 0 Å². The number of rotatable bonds is 4. The van der Waals surface area contributed by atoms with Gasteiger partial charge in [0, 0.05) is 19.5 Å². The van der Waals surface area contributed by atoms with Crippen molar-refractivity contribution in [3.8, 4) is 0 Å². The van der Waals surface area contributed by atoms with Crippen LogP contribution in [0.1, 0.15) is 20.3 Å². The molecule has 0 aliphatic carbocycles. The van der Waals surface area contributed by atoms with Crippen LogP contribution in [-0.2, 0) is 9.59 Å². The predicted octanol–water partition coefficient (Wildman–Crippen LogP) is -0.345. The Labute approximate surface area is 77.5 Å². The Morgan fingerprint density at radius 2 is 1.92 bits per heavy atom. The number of likely N-dealkylation sites (N-methyl/N-ethyl adjacent to an activating group) is 1. The molecule has 2 atom stereocenters. The molecule has 2 unspecified atom stereocenters. The van der Waals surface area contributed by atoms with Gasteiger partial charge in [-0.15, -0.1) is 0 Å². The first-order chi connectivity index (χ1) is 5.86. The normalized spacial score (nSPS) is 14.8. The van der Waals surface area contributed by atoms with E-state index >= 15 is 0 Å². The SMILES string of the molecule is CC(N)CC(=O)N(C)C(C)C(=O)O. The lowest BCUT2D eigenvalue weighted by atomic mass is 10.2. The van der Waals surface area contributed by atoms with Gasteiger partial charge in [-0.3, -0.25) is 4.79 Å². The lowest BCUT2D eigenvalue weighted by molar-refractivity contribution is -0.148. The van der Waals surface area contributed by atoms with Crippen molar-refractivity contribution in [2.45, 2.75) is 32.4 Å². The number of hydrogen-bond donors (Lipinski definition) is 2. The van der Waals surface area contributed by atoms with Gasteiger partial charge < -0.3 is 15.7 Å².